The normalized spacial score (nSPS) is 16.6. The van der Waals surface area contributed by atoms with Gasteiger partial charge in [-0.2, -0.15) is 5.10 Å². The number of hydrogen-bond donors (Lipinski definition) is 3. The highest BCUT2D eigenvalue weighted by Gasteiger charge is 2.24. The Morgan fingerprint density at radius 2 is 2.06 bits per heavy atom. The van der Waals surface area contributed by atoms with Gasteiger partial charge >= 0.3 is 0 Å². The SMILES string of the molecule is Cc1cccc(C(=N)/C=N\Nc2cc(N3CCOCC3)c3sc(C(=O)NC4COC4)cc3n2)c1. The minimum atomic E-state index is -0.108. The Morgan fingerprint density at radius 3 is 2.79 bits per heavy atom. The summed E-state index contributed by atoms with van der Waals surface area (Å²) in [6.45, 7) is 5.93. The van der Waals surface area contributed by atoms with Gasteiger partial charge in [0.1, 0.15) is 5.82 Å². The quantitative estimate of drug-likeness (QED) is 0.356. The van der Waals surface area contributed by atoms with Crippen LogP contribution < -0.4 is 15.6 Å². The van der Waals surface area contributed by atoms with Gasteiger partial charge in [0.2, 0.25) is 0 Å². The number of carbonyl (C=O) groups is 1. The minimum absolute atomic E-state index is 0.0691. The molecule has 3 N–H and O–H groups in total. The van der Waals surface area contributed by atoms with E-state index in [4.69, 9.17) is 14.9 Å². The van der Waals surface area contributed by atoms with Gasteiger partial charge < -0.3 is 19.7 Å². The third kappa shape index (κ3) is 4.93. The van der Waals surface area contributed by atoms with E-state index in [9.17, 15) is 4.79 Å². The summed E-state index contributed by atoms with van der Waals surface area (Å²) < 4.78 is 11.6. The molecule has 0 bridgehead atoms. The third-order valence-electron chi connectivity index (χ3n) is 5.71. The van der Waals surface area contributed by atoms with Crippen LogP contribution in [0.25, 0.3) is 10.2 Å². The highest BCUT2D eigenvalue weighted by atomic mass is 32.1. The molecule has 2 aliphatic heterocycles. The smallest absolute Gasteiger partial charge is 0.261 e. The lowest BCUT2D eigenvalue weighted by Gasteiger charge is -2.29. The van der Waals surface area contributed by atoms with Crippen LogP contribution in [0.2, 0.25) is 0 Å². The summed E-state index contributed by atoms with van der Waals surface area (Å²) in [6, 6.07) is 11.6. The van der Waals surface area contributed by atoms with Gasteiger partial charge in [0, 0.05) is 24.7 Å². The van der Waals surface area contributed by atoms with Crippen LogP contribution in [0.4, 0.5) is 11.5 Å². The molecule has 0 unspecified atom stereocenters. The van der Waals surface area contributed by atoms with Gasteiger partial charge in [-0.15, -0.1) is 11.3 Å². The van der Waals surface area contributed by atoms with Gasteiger partial charge in [0.05, 0.1) is 65.2 Å². The number of anilines is 2. The lowest BCUT2D eigenvalue weighted by atomic mass is 10.1. The van der Waals surface area contributed by atoms with Gasteiger partial charge in [-0.25, -0.2) is 4.98 Å². The highest BCUT2D eigenvalue weighted by Crippen LogP contribution is 2.35. The first kappa shape index (κ1) is 22.5. The first-order valence-electron chi connectivity index (χ1n) is 11.2. The third-order valence-corrected chi connectivity index (χ3v) is 6.86. The summed E-state index contributed by atoms with van der Waals surface area (Å²) in [7, 11) is 0. The second-order valence-corrected chi connectivity index (χ2v) is 9.36. The number of nitrogens with zero attached hydrogens (tertiary/aromatic N) is 3. The van der Waals surface area contributed by atoms with E-state index in [0.29, 0.717) is 42.8 Å². The molecular weight excluding hydrogens is 452 g/mol. The van der Waals surface area contributed by atoms with Crippen molar-refractivity contribution in [2.75, 3.05) is 49.8 Å². The zero-order chi connectivity index (χ0) is 23.5. The number of rotatable bonds is 7. The lowest BCUT2D eigenvalue weighted by molar-refractivity contribution is -0.00338. The predicted octanol–water partition coefficient (Wildman–Crippen LogP) is 3.04. The maximum absolute atomic E-state index is 12.7. The number of pyridine rings is 1. The Balaban J connectivity index is 1.40. The van der Waals surface area contributed by atoms with Crippen molar-refractivity contribution >= 4 is 50.9 Å². The largest absolute Gasteiger partial charge is 0.378 e. The molecule has 3 aromatic rings. The molecule has 9 nitrogen and oxygen atoms in total. The van der Waals surface area contributed by atoms with E-state index in [2.05, 4.69) is 25.7 Å². The van der Waals surface area contributed by atoms with Crippen molar-refractivity contribution in [1.29, 1.82) is 5.41 Å². The fraction of sp³-hybridized carbons (Fsp3) is 0.333. The lowest BCUT2D eigenvalue weighted by Crippen LogP contribution is -2.48. The Morgan fingerprint density at radius 1 is 1.24 bits per heavy atom. The molecule has 2 aliphatic rings. The van der Waals surface area contributed by atoms with Crippen LogP contribution in [-0.4, -0.2) is 68.4 Å². The molecule has 1 aromatic carbocycles. The number of nitrogens with one attached hydrogen (secondary N) is 3. The Bertz CT molecular complexity index is 1250. The molecule has 2 aromatic heterocycles. The molecule has 0 spiro atoms. The van der Waals surface area contributed by atoms with E-state index in [1.807, 2.05) is 43.3 Å². The standard InChI is InChI=1S/C24H26N6O3S/c1-15-3-2-4-16(9-15)18(25)12-26-29-22-11-20(30-5-7-32-8-6-30)23-19(28-22)10-21(34-23)24(31)27-17-13-33-14-17/h2-4,9-12,17,25H,5-8,13-14H2,1H3,(H,27,31)(H,28,29)/b25-18?,26-12-. The van der Waals surface area contributed by atoms with Crippen molar-refractivity contribution in [3.8, 4) is 0 Å². The fourth-order valence-corrected chi connectivity index (χ4v) is 4.88. The van der Waals surface area contributed by atoms with Gasteiger partial charge in [0.25, 0.3) is 5.91 Å². The van der Waals surface area contributed by atoms with Crippen molar-refractivity contribution in [1.82, 2.24) is 10.3 Å². The number of fused-ring (bicyclic) bond motifs is 1. The molecule has 176 valence electrons. The number of hydrazone groups is 1. The van der Waals surface area contributed by atoms with E-state index >= 15 is 0 Å². The van der Waals surface area contributed by atoms with Gasteiger partial charge in [0.15, 0.2) is 0 Å². The van der Waals surface area contributed by atoms with Crippen LogP contribution in [0, 0.1) is 12.3 Å². The van der Waals surface area contributed by atoms with Crippen molar-refractivity contribution in [2.24, 2.45) is 5.10 Å². The number of morpholine rings is 1. The van der Waals surface area contributed by atoms with Crippen LogP contribution in [0.5, 0.6) is 0 Å². The summed E-state index contributed by atoms with van der Waals surface area (Å²) in [4.78, 5) is 20.3. The van der Waals surface area contributed by atoms with E-state index in [-0.39, 0.29) is 11.9 Å². The van der Waals surface area contributed by atoms with Crippen LogP contribution >= 0.6 is 11.3 Å². The first-order valence-corrected chi connectivity index (χ1v) is 12.0. The second kappa shape index (κ2) is 9.88. The molecule has 2 fully saturated rings. The molecule has 1 amide bonds. The zero-order valence-electron chi connectivity index (χ0n) is 18.8. The minimum Gasteiger partial charge on any atom is -0.378 e. The predicted molar refractivity (Wildman–Crippen MR) is 135 cm³/mol. The molecule has 2 saturated heterocycles. The van der Waals surface area contributed by atoms with Crippen LogP contribution in [-0.2, 0) is 9.47 Å². The fourth-order valence-electron chi connectivity index (χ4n) is 3.84. The first-order chi connectivity index (χ1) is 16.6. The monoisotopic (exact) mass is 478 g/mol. The van der Waals surface area contributed by atoms with Gasteiger partial charge in [-0.05, 0) is 19.1 Å². The van der Waals surface area contributed by atoms with Gasteiger partial charge in [-0.3, -0.25) is 15.6 Å². The van der Waals surface area contributed by atoms with E-state index in [1.165, 1.54) is 17.6 Å². The molecule has 0 atom stereocenters. The average Bonchev–Trinajstić information content (AvgIpc) is 3.25. The molecule has 0 aliphatic carbocycles. The molecule has 0 saturated carbocycles. The van der Waals surface area contributed by atoms with Gasteiger partial charge in [-0.1, -0.05) is 23.8 Å². The summed E-state index contributed by atoms with van der Waals surface area (Å²) >= 11 is 1.44. The van der Waals surface area contributed by atoms with Crippen LogP contribution in [0.15, 0.2) is 41.5 Å². The summed E-state index contributed by atoms with van der Waals surface area (Å²) in [5, 5.41) is 15.5. The number of aromatic nitrogens is 1. The van der Waals surface area contributed by atoms with Crippen molar-refractivity contribution in [3.63, 3.8) is 0 Å². The number of thiophene rings is 1. The number of hydrogen-bond acceptors (Lipinski definition) is 9. The van der Waals surface area contributed by atoms with E-state index < -0.39 is 0 Å². The topological polar surface area (TPSA) is 112 Å². The van der Waals surface area contributed by atoms with Crippen molar-refractivity contribution in [2.45, 2.75) is 13.0 Å². The summed E-state index contributed by atoms with van der Waals surface area (Å²) in [5.74, 6) is 0.447. The van der Waals surface area contributed by atoms with Crippen LogP contribution in [0.1, 0.15) is 20.8 Å². The zero-order valence-corrected chi connectivity index (χ0v) is 19.7. The maximum Gasteiger partial charge on any atom is 0.261 e. The van der Waals surface area contributed by atoms with Crippen molar-refractivity contribution < 1.29 is 14.3 Å². The second-order valence-electron chi connectivity index (χ2n) is 8.31. The van der Waals surface area contributed by atoms with Crippen LogP contribution in [0.3, 0.4) is 0 Å². The summed E-state index contributed by atoms with van der Waals surface area (Å²) in [5.41, 5.74) is 6.89. The number of amides is 1. The summed E-state index contributed by atoms with van der Waals surface area (Å²) in [6.07, 6.45) is 1.47. The number of benzene rings is 1. The molecule has 5 rings (SSSR count). The molecule has 4 heterocycles. The number of ether oxygens (including phenoxy) is 2. The number of carbonyl (C=O) groups excluding carboxylic acids is 1. The Kier molecular flexibility index (Phi) is 6.52. The Hall–Kier alpha value is -3.34. The maximum atomic E-state index is 12.7. The van der Waals surface area contributed by atoms with E-state index in [0.717, 1.165) is 40.1 Å². The highest BCUT2D eigenvalue weighted by molar-refractivity contribution is 7.21. The average molecular weight is 479 g/mol. The number of aryl methyl sites for hydroxylation is 1. The van der Waals surface area contributed by atoms with Crippen molar-refractivity contribution in [3.05, 3.63) is 52.4 Å². The van der Waals surface area contributed by atoms with E-state index in [1.54, 1.807) is 0 Å². The molecule has 0 radical (unpaired) electrons. The molecular formula is C24H26N6O3S. The molecule has 34 heavy (non-hydrogen) atoms. The molecule has 10 heteroatoms. The Labute approximate surface area is 201 Å².